The summed E-state index contributed by atoms with van der Waals surface area (Å²) in [6.07, 6.45) is -2.37. The normalized spacial score (nSPS) is 31.3. The predicted molar refractivity (Wildman–Crippen MR) is 156 cm³/mol. The molecule has 6 rings (SSSR count). The third-order valence-corrected chi connectivity index (χ3v) is 11.3. The Kier molecular flexibility index (Phi) is 3.85. The molecule has 1 unspecified atom stereocenters. The van der Waals surface area contributed by atoms with Gasteiger partial charge in [-0.25, -0.2) is 29.1 Å². The van der Waals surface area contributed by atoms with Crippen molar-refractivity contribution in [3.8, 4) is 6.07 Å². The fraction of sp³-hybridized carbons (Fsp3) is 0.312. The Morgan fingerprint density at radius 3 is 2.55 bits per heavy atom. The minimum absolute atomic E-state index is 0.0360. The molecule has 3 aliphatic heterocycles. The van der Waals surface area contributed by atoms with Crippen molar-refractivity contribution in [2.45, 2.75) is 38.3 Å². The molecular formula is C32H28F3N4O2Si+. The third-order valence-electron chi connectivity index (χ3n) is 7.79. The van der Waals surface area contributed by atoms with Crippen molar-refractivity contribution in [1.29, 1.82) is 5.26 Å². The molecule has 0 spiro atoms. The second-order valence-corrected chi connectivity index (χ2v) is 14.8. The van der Waals surface area contributed by atoms with Gasteiger partial charge in [0.2, 0.25) is 0 Å². The van der Waals surface area contributed by atoms with Crippen LogP contribution in [0.4, 0.5) is 18.9 Å². The van der Waals surface area contributed by atoms with E-state index in [1.165, 1.54) is 30.4 Å². The quantitative estimate of drug-likeness (QED) is 0.225. The molecule has 0 aromatic heterocycles. The third kappa shape index (κ3) is 3.82. The second kappa shape index (κ2) is 9.57. The Bertz CT molecular complexity index is 2310. The predicted octanol–water partition coefficient (Wildman–Crippen LogP) is 5.29. The van der Waals surface area contributed by atoms with Gasteiger partial charge >= 0.3 is 11.5 Å². The van der Waals surface area contributed by atoms with Crippen LogP contribution in [0.15, 0.2) is 47.2 Å². The molecule has 0 saturated carbocycles. The topological polar surface area (TPSA) is 71.7 Å². The van der Waals surface area contributed by atoms with Crippen molar-refractivity contribution in [2.24, 2.45) is 0 Å². The number of halogens is 3. The van der Waals surface area contributed by atoms with E-state index in [4.69, 9.17) is 23.0 Å². The smallest absolute Gasteiger partial charge is 0.343 e. The number of hydrogen-bond donors (Lipinski definition) is 1. The van der Waals surface area contributed by atoms with Gasteiger partial charge in [0.05, 0.1) is 6.37 Å². The van der Waals surface area contributed by atoms with Crippen LogP contribution in [0.1, 0.15) is 63.2 Å². The molecule has 2 fully saturated rings. The second-order valence-electron chi connectivity index (χ2n) is 10.5. The molecule has 2 aromatic carbocycles. The molecule has 42 heavy (non-hydrogen) atoms. The summed E-state index contributed by atoms with van der Waals surface area (Å²) in [5.74, 6) is -8.12. The van der Waals surface area contributed by atoms with Crippen molar-refractivity contribution in [3.05, 3.63) is 98.3 Å². The zero-order valence-corrected chi connectivity index (χ0v) is 23.2. The molecule has 0 bridgehead atoms. The number of rotatable bonds is 4. The maximum atomic E-state index is 17.0. The summed E-state index contributed by atoms with van der Waals surface area (Å²) in [5.41, 5.74) is -7.63. The average Bonchev–Trinajstić information content (AvgIpc) is 3.06. The minimum Gasteiger partial charge on any atom is -0.478 e. The zero-order valence-electron chi connectivity index (χ0n) is 34.2. The molecular weight excluding hydrogens is 557 g/mol. The van der Waals surface area contributed by atoms with Crippen molar-refractivity contribution >= 4 is 36.2 Å². The first-order valence-corrected chi connectivity index (χ1v) is 15.5. The lowest BCUT2D eigenvalue weighted by Gasteiger charge is -2.40. The van der Waals surface area contributed by atoms with Gasteiger partial charge in [-0.3, -0.25) is 4.85 Å². The highest BCUT2D eigenvalue weighted by atomic mass is 28.3. The van der Waals surface area contributed by atoms with Crippen LogP contribution in [-0.2, 0) is 5.54 Å². The lowest BCUT2D eigenvalue weighted by atomic mass is 9.82. The number of hydrogen-bond acceptors (Lipinski definition) is 3. The van der Waals surface area contributed by atoms with E-state index in [9.17, 15) is 15.2 Å². The molecule has 1 aliphatic carbocycles. The molecule has 3 heterocycles. The summed E-state index contributed by atoms with van der Waals surface area (Å²) in [4.78, 5) is 16.2. The first-order chi connectivity index (χ1) is 24.5. The van der Waals surface area contributed by atoms with E-state index in [1.54, 1.807) is 13.1 Å². The van der Waals surface area contributed by atoms with Gasteiger partial charge in [-0.15, -0.1) is 0 Å². The molecule has 1 atom stereocenters. The molecule has 0 radical (unpaired) electrons. The van der Waals surface area contributed by atoms with Gasteiger partial charge in [0.25, 0.3) is 0 Å². The Morgan fingerprint density at radius 1 is 1.19 bits per heavy atom. The summed E-state index contributed by atoms with van der Waals surface area (Å²) in [7, 11) is -3.44. The zero-order chi connectivity index (χ0) is 40.9. The Balaban J connectivity index is 1.78. The highest BCUT2D eigenvalue weighted by Crippen LogP contribution is 2.46. The van der Waals surface area contributed by atoms with Crippen molar-refractivity contribution in [1.82, 2.24) is 0 Å². The number of carbonyl (C=O) groups is 1. The van der Waals surface area contributed by atoms with Crippen LogP contribution in [-0.4, -0.2) is 55.4 Å². The fourth-order valence-electron chi connectivity index (χ4n) is 5.51. The van der Waals surface area contributed by atoms with Crippen molar-refractivity contribution in [2.75, 3.05) is 30.9 Å². The van der Waals surface area contributed by atoms with Gasteiger partial charge in [0.1, 0.15) is 43.5 Å². The molecule has 2 saturated heterocycles. The maximum absolute atomic E-state index is 17.0. The maximum Gasteiger partial charge on any atom is 0.343 e. The standard InChI is InChI=1S/C32H27F3N4O2Si/c1-32(17-36,37-2)27-28(33)25(26(31(40)41)29(34)30(27)35)24-20-9-7-18(38-11-5-12-38)15-22(20)42(3,4)23-16-19(8-10-21(23)24)39-13-6-14-39/h7-10,15-16H,5-6,11-14H2,1,3-4H3/p+1/i5D2,6D2,11D2,12D2,13D2,14D2. The molecule has 10 heteroatoms. The number of carboxylic acids is 1. The lowest BCUT2D eigenvalue weighted by molar-refractivity contribution is -0.582. The van der Waals surface area contributed by atoms with Crippen LogP contribution in [0.3, 0.4) is 0 Å². The van der Waals surface area contributed by atoms with E-state index < -0.39 is 98.0 Å². The minimum atomic E-state index is -3.44. The highest BCUT2D eigenvalue weighted by molar-refractivity contribution is 6.98. The van der Waals surface area contributed by atoms with E-state index in [1.807, 2.05) is 0 Å². The van der Waals surface area contributed by atoms with Gasteiger partial charge in [-0.1, -0.05) is 19.2 Å². The highest BCUT2D eigenvalue weighted by Gasteiger charge is 2.47. The SMILES string of the molecule is [2H]C1([2H])N(c2ccc3c(c2)[Si](C)(C)C2=CC(=[N+]4C([2H])([2H])C([2H])([2H])C4([2H])[2H])C=CC2=C3c2c(F)c(C(C)(C#N)[N+]#[C-])c(F)c(F)c2C(=O)O)C([2H])([2H])C1([2H])[2H]. The first kappa shape index (κ1) is 16.9. The number of anilines is 1. The van der Waals surface area contributed by atoms with Gasteiger partial charge in [-0.05, 0) is 51.7 Å². The van der Waals surface area contributed by atoms with Crippen LogP contribution in [0.5, 0.6) is 0 Å². The largest absolute Gasteiger partial charge is 0.478 e. The number of allylic oxidation sites excluding steroid dienone is 5. The van der Waals surface area contributed by atoms with Gasteiger partial charge in [0, 0.05) is 54.3 Å². The molecule has 6 nitrogen and oxygen atoms in total. The Hall–Kier alpha value is -4.41. The Morgan fingerprint density at radius 2 is 1.90 bits per heavy atom. The molecule has 1 N–H and O–H groups in total. The summed E-state index contributed by atoms with van der Waals surface area (Å²) in [5, 5.41) is 20.3. The van der Waals surface area contributed by atoms with Gasteiger partial charge in [0.15, 0.2) is 23.4 Å². The number of nitriles is 1. The number of carboxylic acid groups (broad SMARTS) is 1. The number of benzene rings is 2. The first-order valence-electron chi connectivity index (χ1n) is 18.5. The van der Waals surface area contributed by atoms with Crippen LogP contribution in [0.25, 0.3) is 10.4 Å². The number of aromatic carboxylic acids is 1. The number of fused-ring (bicyclic) bond motifs is 2. The van der Waals surface area contributed by atoms with Gasteiger partial charge in [-0.2, -0.15) is 5.26 Å². The van der Waals surface area contributed by atoms with E-state index in [2.05, 4.69) is 4.85 Å². The Labute approximate surface area is 259 Å². The summed E-state index contributed by atoms with van der Waals surface area (Å²) < 4.78 is 148. The van der Waals surface area contributed by atoms with Crippen LogP contribution < -0.4 is 10.1 Å². The molecule has 2 aromatic rings. The fourth-order valence-corrected chi connectivity index (χ4v) is 8.59. The summed E-state index contributed by atoms with van der Waals surface area (Å²) in [6.45, 7) is 0.0392. The average molecular weight is 598 g/mol. The van der Waals surface area contributed by atoms with E-state index in [0.717, 1.165) is 19.1 Å². The molecule has 4 aliphatic rings. The van der Waals surface area contributed by atoms with E-state index in [-0.39, 0.29) is 32.9 Å². The lowest BCUT2D eigenvalue weighted by Crippen LogP contribution is -2.50. The van der Waals surface area contributed by atoms with Gasteiger partial charge < -0.3 is 10.0 Å². The summed E-state index contributed by atoms with van der Waals surface area (Å²) >= 11 is 0. The van der Waals surface area contributed by atoms with Crippen molar-refractivity contribution < 1.29 is 44.1 Å². The van der Waals surface area contributed by atoms with Crippen molar-refractivity contribution in [3.63, 3.8) is 0 Å². The summed E-state index contributed by atoms with van der Waals surface area (Å²) in [6, 6.07) is 5.06. The molecule has 212 valence electrons. The van der Waals surface area contributed by atoms with Crippen LogP contribution in [0.2, 0.25) is 13.1 Å². The molecule has 0 amide bonds. The van der Waals surface area contributed by atoms with E-state index in [0.29, 0.717) is 9.48 Å². The van der Waals surface area contributed by atoms with Crippen LogP contribution in [0, 0.1) is 35.4 Å². The van der Waals surface area contributed by atoms with E-state index >= 15 is 13.2 Å². The number of nitrogens with zero attached hydrogens (tertiary/aromatic N) is 4. The monoisotopic (exact) mass is 597 g/mol. The van der Waals surface area contributed by atoms with Crippen LogP contribution >= 0.6 is 0 Å².